The molecule has 6 heteroatoms. The number of halogens is 2. The summed E-state index contributed by atoms with van der Waals surface area (Å²) in [7, 11) is 1.87. The summed E-state index contributed by atoms with van der Waals surface area (Å²) in [6.45, 7) is 1.30. The van der Waals surface area contributed by atoms with Crippen molar-refractivity contribution in [2.24, 2.45) is 0 Å². The highest BCUT2D eigenvalue weighted by Gasteiger charge is 2.04. The fourth-order valence-electron chi connectivity index (χ4n) is 1.47. The van der Waals surface area contributed by atoms with Crippen molar-refractivity contribution >= 4 is 27.5 Å². The Morgan fingerprint density at radius 3 is 3.00 bits per heavy atom. The SMILES string of the molecule is CNCc1ncn(Cc2ccc(Br)cc2Cl)n1. The van der Waals surface area contributed by atoms with Crippen molar-refractivity contribution in [3.8, 4) is 0 Å². The zero-order valence-electron chi connectivity index (χ0n) is 9.32. The minimum atomic E-state index is 0.628. The normalized spacial score (nSPS) is 10.8. The van der Waals surface area contributed by atoms with Crippen molar-refractivity contribution < 1.29 is 0 Å². The second kappa shape index (κ2) is 5.62. The average Bonchev–Trinajstić information content (AvgIpc) is 2.71. The molecule has 90 valence electrons. The Balaban J connectivity index is 2.13. The van der Waals surface area contributed by atoms with E-state index in [0.717, 1.165) is 20.9 Å². The van der Waals surface area contributed by atoms with E-state index in [0.29, 0.717) is 13.1 Å². The molecule has 0 aliphatic carbocycles. The van der Waals surface area contributed by atoms with Crippen LogP contribution in [0, 0.1) is 0 Å². The van der Waals surface area contributed by atoms with E-state index >= 15 is 0 Å². The molecule has 1 aromatic heterocycles. The quantitative estimate of drug-likeness (QED) is 0.942. The van der Waals surface area contributed by atoms with Crippen LogP contribution < -0.4 is 5.32 Å². The molecule has 1 aromatic carbocycles. The predicted octanol–water partition coefficient (Wildman–Crippen LogP) is 2.46. The Morgan fingerprint density at radius 2 is 2.29 bits per heavy atom. The van der Waals surface area contributed by atoms with Gasteiger partial charge in [0.2, 0.25) is 0 Å². The summed E-state index contributed by atoms with van der Waals surface area (Å²) in [5.74, 6) is 0.778. The number of nitrogens with zero attached hydrogens (tertiary/aromatic N) is 3. The van der Waals surface area contributed by atoms with E-state index in [9.17, 15) is 0 Å². The molecule has 17 heavy (non-hydrogen) atoms. The zero-order chi connectivity index (χ0) is 12.3. The van der Waals surface area contributed by atoms with Crippen LogP contribution in [0.5, 0.6) is 0 Å². The van der Waals surface area contributed by atoms with Crippen LogP contribution in [0.2, 0.25) is 5.02 Å². The highest BCUT2D eigenvalue weighted by Crippen LogP contribution is 2.21. The van der Waals surface area contributed by atoms with E-state index in [-0.39, 0.29) is 0 Å². The first kappa shape index (κ1) is 12.5. The lowest BCUT2D eigenvalue weighted by atomic mass is 10.2. The molecule has 1 heterocycles. The minimum Gasteiger partial charge on any atom is -0.313 e. The van der Waals surface area contributed by atoms with Crippen LogP contribution in [-0.4, -0.2) is 21.8 Å². The molecule has 4 nitrogen and oxygen atoms in total. The molecule has 0 unspecified atom stereocenters. The van der Waals surface area contributed by atoms with Crippen LogP contribution in [0.15, 0.2) is 29.0 Å². The van der Waals surface area contributed by atoms with Crippen molar-refractivity contribution in [3.63, 3.8) is 0 Å². The number of hydrogen-bond donors (Lipinski definition) is 1. The van der Waals surface area contributed by atoms with Crippen LogP contribution in [0.1, 0.15) is 11.4 Å². The number of hydrogen-bond acceptors (Lipinski definition) is 3. The van der Waals surface area contributed by atoms with Gasteiger partial charge < -0.3 is 5.32 Å². The molecule has 2 aromatic rings. The number of nitrogens with one attached hydrogen (secondary N) is 1. The van der Waals surface area contributed by atoms with Crippen LogP contribution in [0.25, 0.3) is 0 Å². The van der Waals surface area contributed by atoms with Crippen molar-refractivity contribution in [1.29, 1.82) is 0 Å². The van der Waals surface area contributed by atoms with E-state index in [1.165, 1.54) is 0 Å². The van der Waals surface area contributed by atoms with Gasteiger partial charge in [0.15, 0.2) is 5.82 Å². The van der Waals surface area contributed by atoms with Crippen LogP contribution in [0.3, 0.4) is 0 Å². The highest BCUT2D eigenvalue weighted by atomic mass is 79.9. The number of benzene rings is 1. The second-order valence-electron chi connectivity index (χ2n) is 3.62. The molecule has 0 saturated carbocycles. The highest BCUT2D eigenvalue weighted by molar-refractivity contribution is 9.10. The smallest absolute Gasteiger partial charge is 0.164 e. The Kier molecular flexibility index (Phi) is 4.15. The molecule has 0 bridgehead atoms. The maximum absolute atomic E-state index is 6.14. The zero-order valence-corrected chi connectivity index (χ0v) is 11.7. The molecule has 2 rings (SSSR count). The fraction of sp³-hybridized carbons (Fsp3) is 0.273. The van der Waals surface area contributed by atoms with E-state index in [1.54, 1.807) is 11.0 Å². The first-order valence-electron chi connectivity index (χ1n) is 5.16. The van der Waals surface area contributed by atoms with Crippen molar-refractivity contribution in [1.82, 2.24) is 20.1 Å². The largest absolute Gasteiger partial charge is 0.313 e. The van der Waals surface area contributed by atoms with Gasteiger partial charge in [0.1, 0.15) is 6.33 Å². The van der Waals surface area contributed by atoms with Crippen LogP contribution >= 0.6 is 27.5 Å². The first-order valence-corrected chi connectivity index (χ1v) is 6.33. The lowest BCUT2D eigenvalue weighted by Gasteiger charge is -2.04. The topological polar surface area (TPSA) is 42.7 Å². The summed E-state index contributed by atoms with van der Waals surface area (Å²) >= 11 is 9.52. The molecule has 0 fully saturated rings. The van der Waals surface area contributed by atoms with Gasteiger partial charge in [0.25, 0.3) is 0 Å². The summed E-state index contributed by atoms with van der Waals surface area (Å²) in [5.41, 5.74) is 1.02. The van der Waals surface area contributed by atoms with Crippen LogP contribution in [-0.2, 0) is 13.1 Å². The third-order valence-electron chi connectivity index (χ3n) is 2.27. The first-order chi connectivity index (χ1) is 8.19. The molecule has 0 atom stereocenters. The van der Waals surface area contributed by atoms with Gasteiger partial charge in [-0.25, -0.2) is 9.67 Å². The molecule has 0 aliphatic rings. The van der Waals surface area contributed by atoms with Gasteiger partial charge in [0.05, 0.1) is 13.1 Å². The lowest BCUT2D eigenvalue weighted by molar-refractivity contribution is 0.659. The van der Waals surface area contributed by atoms with Gasteiger partial charge in [-0.05, 0) is 24.7 Å². The van der Waals surface area contributed by atoms with Crippen molar-refractivity contribution in [2.45, 2.75) is 13.1 Å². The standard InChI is InChI=1S/C11H12BrClN4/c1-14-5-11-15-7-17(16-11)6-8-2-3-9(12)4-10(8)13/h2-4,7,14H,5-6H2,1H3. The molecular weight excluding hydrogens is 304 g/mol. The summed E-state index contributed by atoms with van der Waals surface area (Å²) in [6, 6.07) is 5.82. The Bertz CT molecular complexity index is 512. The minimum absolute atomic E-state index is 0.628. The molecule has 0 aliphatic heterocycles. The average molecular weight is 316 g/mol. The molecular formula is C11H12BrClN4. The van der Waals surface area contributed by atoms with Gasteiger partial charge in [-0.3, -0.25) is 0 Å². The van der Waals surface area contributed by atoms with Gasteiger partial charge in [-0.15, -0.1) is 0 Å². The van der Waals surface area contributed by atoms with E-state index < -0.39 is 0 Å². The third-order valence-corrected chi connectivity index (χ3v) is 3.11. The molecule has 0 spiro atoms. The summed E-state index contributed by atoms with van der Waals surface area (Å²) in [4.78, 5) is 4.19. The van der Waals surface area contributed by atoms with Gasteiger partial charge in [-0.2, -0.15) is 5.10 Å². The lowest BCUT2D eigenvalue weighted by Crippen LogP contribution is -2.08. The van der Waals surface area contributed by atoms with Crippen LogP contribution in [0.4, 0.5) is 0 Å². The van der Waals surface area contributed by atoms with Crippen molar-refractivity contribution in [2.75, 3.05) is 7.05 Å². The number of rotatable bonds is 4. The Hall–Kier alpha value is -0.910. The van der Waals surface area contributed by atoms with E-state index in [1.807, 2.05) is 25.2 Å². The monoisotopic (exact) mass is 314 g/mol. The maximum atomic E-state index is 6.14. The van der Waals surface area contributed by atoms with Gasteiger partial charge >= 0.3 is 0 Å². The summed E-state index contributed by atoms with van der Waals surface area (Å²) < 4.78 is 2.75. The van der Waals surface area contributed by atoms with Gasteiger partial charge in [-0.1, -0.05) is 33.6 Å². The summed E-state index contributed by atoms with van der Waals surface area (Å²) in [5, 5.41) is 8.07. The second-order valence-corrected chi connectivity index (χ2v) is 4.95. The Labute approximate surface area is 113 Å². The van der Waals surface area contributed by atoms with E-state index in [4.69, 9.17) is 11.6 Å². The molecule has 0 radical (unpaired) electrons. The number of aromatic nitrogens is 3. The van der Waals surface area contributed by atoms with Crippen molar-refractivity contribution in [3.05, 3.63) is 45.4 Å². The fourth-order valence-corrected chi connectivity index (χ4v) is 2.21. The third kappa shape index (κ3) is 3.28. The molecule has 0 saturated heterocycles. The molecule has 0 amide bonds. The summed E-state index contributed by atoms with van der Waals surface area (Å²) in [6.07, 6.45) is 1.71. The predicted molar refractivity (Wildman–Crippen MR) is 71.0 cm³/mol. The van der Waals surface area contributed by atoms with E-state index in [2.05, 4.69) is 31.3 Å². The Morgan fingerprint density at radius 1 is 1.47 bits per heavy atom. The maximum Gasteiger partial charge on any atom is 0.164 e. The molecule has 1 N–H and O–H groups in total. The van der Waals surface area contributed by atoms with Gasteiger partial charge in [0, 0.05) is 9.50 Å².